The quantitative estimate of drug-likeness (QED) is 0.649. The number of hydrogen-bond acceptors (Lipinski definition) is 4. The monoisotopic (exact) mass is 181 g/mol. The second-order valence-electron chi connectivity index (χ2n) is 2.17. The van der Waals surface area contributed by atoms with Crippen LogP contribution in [-0.4, -0.2) is 18.4 Å². The van der Waals surface area contributed by atoms with Gasteiger partial charge < -0.3 is 20.1 Å². The Hall–Kier alpha value is -1.69. The third-order valence-corrected chi connectivity index (χ3v) is 1.20. The van der Waals surface area contributed by atoms with E-state index in [0.29, 0.717) is 5.75 Å². The SMILES string of the molecule is NC(=O)OB(O)Oc1ccccc1. The van der Waals surface area contributed by atoms with E-state index < -0.39 is 13.4 Å². The lowest BCUT2D eigenvalue weighted by atomic mass is 10.2. The molecule has 0 aliphatic rings. The average Bonchev–Trinajstić information content (AvgIpc) is 2.04. The molecule has 0 aromatic heterocycles. The Bertz CT molecular complexity index is 279. The fourth-order valence-electron chi connectivity index (χ4n) is 0.739. The van der Waals surface area contributed by atoms with Crippen molar-refractivity contribution in [3.05, 3.63) is 30.3 Å². The number of para-hydroxylation sites is 1. The second kappa shape index (κ2) is 4.37. The predicted molar refractivity (Wildman–Crippen MR) is 45.7 cm³/mol. The Morgan fingerprint density at radius 3 is 2.54 bits per heavy atom. The summed E-state index contributed by atoms with van der Waals surface area (Å²) in [6.07, 6.45) is -1.09. The van der Waals surface area contributed by atoms with Crippen LogP contribution in [0.3, 0.4) is 0 Å². The van der Waals surface area contributed by atoms with Crippen molar-refractivity contribution >= 4 is 13.4 Å². The van der Waals surface area contributed by atoms with E-state index in [1.165, 1.54) is 0 Å². The zero-order chi connectivity index (χ0) is 9.68. The van der Waals surface area contributed by atoms with Gasteiger partial charge in [0.05, 0.1) is 0 Å². The fourth-order valence-corrected chi connectivity index (χ4v) is 0.739. The summed E-state index contributed by atoms with van der Waals surface area (Å²) in [6, 6.07) is 8.42. The lowest BCUT2D eigenvalue weighted by Gasteiger charge is -2.06. The van der Waals surface area contributed by atoms with Crippen LogP contribution in [0.4, 0.5) is 4.79 Å². The van der Waals surface area contributed by atoms with Gasteiger partial charge in [-0.15, -0.1) is 0 Å². The number of nitrogens with two attached hydrogens (primary N) is 1. The zero-order valence-corrected chi connectivity index (χ0v) is 6.71. The van der Waals surface area contributed by atoms with Gasteiger partial charge in [-0.1, -0.05) is 18.2 Å². The van der Waals surface area contributed by atoms with Gasteiger partial charge in [0.25, 0.3) is 0 Å². The molecule has 0 spiro atoms. The molecule has 1 aromatic rings. The van der Waals surface area contributed by atoms with E-state index in [1.807, 2.05) is 0 Å². The summed E-state index contributed by atoms with van der Waals surface area (Å²) in [4.78, 5) is 10.2. The van der Waals surface area contributed by atoms with Gasteiger partial charge in [-0.2, -0.15) is 0 Å². The summed E-state index contributed by atoms with van der Waals surface area (Å²) < 4.78 is 8.88. The van der Waals surface area contributed by atoms with Crippen molar-refractivity contribution in [2.75, 3.05) is 0 Å². The number of carbonyl (C=O) groups is 1. The highest BCUT2D eigenvalue weighted by molar-refractivity contribution is 6.38. The van der Waals surface area contributed by atoms with Crippen LogP contribution < -0.4 is 10.4 Å². The molecule has 0 aliphatic heterocycles. The Labute approximate surface area is 75.2 Å². The van der Waals surface area contributed by atoms with Crippen LogP contribution in [0.2, 0.25) is 0 Å². The van der Waals surface area contributed by atoms with Crippen LogP contribution in [0.5, 0.6) is 5.75 Å². The molecule has 0 atom stereocenters. The van der Waals surface area contributed by atoms with Crippen LogP contribution in [0, 0.1) is 0 Å². The molecule has 68 valence electrons. The molecular formula is C7H8BNO4. The minimum atomic E-state index is -1.67. The summed E-state index contributed by atoms with van der Waals surface area (Å²) in [6.45, 7) is 0. The Kier molecular flexibility index (Phi) is 3.16. The zero-order valence-electron chi connectivity index (χ0n) is 6.71. The van der Waals surface area contributed by atoms with Crippen LogP contribution >= 0.6 is 0 Å². The third-order valence-electron chi connectivity index (χ3n) is 1.20. The third kappa shape index (κ3) is 3.48. The largest absolute Gasteiger partial charge is 0.788 e. The molecule has 0 saturated heterocycles. The number of primary amides is 1. The maximum atomic E-state index is 10.2. The Balaban J connectivity index is 2.45. The van der Waals surface area contributed by atoms with Gasteiger partial charge in [-0.25, -0.2) is 4.79 Å². The number of carbonyl (C=O) groups excluding carboxylic acids is 1. The number of hydrogen-bond donors (Lipinski definition) is 2. The maximum Gasteiger partial charge on any atom is 0.788 e. The summed E-state index contributed by atoms with van der Waals surface area (Å²) in [5.41, 5.74) is 4.65. The summed E-state index contributed by atoms with van der Waals surface area (Å²) in [5.74, 6) is 0.385. The lowest BCUT2D eigenvalue weighted by Crippen LogP contribution is -2.32. The number of benzene rings is 1. The molecule has 5 nitrogen and oxygen atoms in total. The van der Waals surface area contributed by atoms with Crippen molar-refractivity contribution in [1.29, 1.82) is 0 Å². The summed E-state index contributed by atoms with van der Waals surface area (Å²) >= 11 is 0. The first kappa shape index (κ1) is 9.40. The molecule has 0 bridgehead atoms. The van der Waals surface area contributed by atoms with Gasteiger partial charge >= 0.3 is 13.4 Å². The summed E-state index contributed by atoms with van der Waals surface area (Å²) in [5, 5.41) is 8.93. The molecule has 0 saturated carbocycles. The van der Waals surface area contributed by atoms with Crippen molar-refractivity contribution in [3.63, 3.8) is 0 Å². The average molecular weight is 181 g/mol. The van der Waals surface area contributed by atoms with Gasteiger partial charge in [0.2, 0.25) is 0 Å². The van der Waals surface area contributed by atoms with Gasteiger partial charge in [0.1, 0.15) is 5.75 Å². The standard InChI is InChI=1S/C7H8BNO4/c9-7(10)13-8(11)12-6-4-2-1-3-5-6/h1-5,11H,(H2,9,10). The number of amides is 1. The van der Waals surface area contributed by atoms with E-state index in [-0.39, 0.29) is 0 Å². The topological polar surface area (TPSA) is 81.8 Å². The van der Waals surface area contributed by atoms with Crippen LogP contribution in [0.25, 0.3) is 0 Å². The van der Waals surface area contributed by atoms with Gasteiger partial charge in [0.15, 0.2) is 0 Å². The molecule has 0 radical (unpaired) electrons. The lowest BCUT2D eigenvalue weighted by molar-refractivity contribution is 0.183. The maximum absolute atomic E-state index is 10.2. The molecule has 1 amide bonds. The van der Waals surface area contributed by atoms with Crippen molar-refractivity contribution < 1.29 is 19.1 Å². The molecule has 0 fully saturated rings. The van der Waals surface area contributed by atoms with E-state index in [9.17, 15) is 4.79 Å². The van der Waals surface area contributed by atoms with Crippen LogP contribution in [0.15, 0.2) is 30.3 Å². The van der Waals surface area contributed by atoms with E-state index >= 15 is 0 Å². The highest BCUT2D eigenvalue weighted by atomic mass is 16.7. The minimum absolute atomic E-state index is 0.385. The second-order valence-corrected chi connectivity index (χ2v) is 2.17. The Morgan fingerprint density at radius 1 is 1.38 bits per heavy atom. The molecule has 1 rings (SSSR count). The van der Waals surface area contributed by atoms with Crippen LogP contribution in [-0.2, 0) is 4.65 Å². The molecule has 13 heavy (non-hydrogen) atoms. The fraction of sp³-hybridized carbons (Fsp3) is 0. The molecule has 0 unspecified atom stereocenters. The molecule has 1 aromatic carbocycles. The van der Waals surface area contributed by atoms with Crippen molar-refractivity contribution in [2.24, 2.45) is 5.73 Å². The number of rotatable bonds is 3. The van der Waals surface area contributed by atoms with Gasteiger partial charge in [0, 0.05) is 0 Å². The van der Waals surface area contributed by atoms with Crippen molar-refractivity contribution in [1.82, 2.24) is 0 Å². The minimum Gasteiger partial charge on any atom is -0.501 e. The molecule has 0 aliphatic carbocycles. The highest BCUT2D eigenvalue weighted by Gasteiger charge is 2.22. The van der Waals surface area contributed by atoms with Gasteiger partial charge in [-0.05, 0) is 12.1 Å². The van der Waals surface area contributed by atoms with Crippen LogP contribution in [0.1, 0.15) is 0 Å². The normalized spacial score (nSPS) is 9.00. The van der Waals surface area contributed by atoms with E-state index in [2.05, 4.69) is 10.4 Å². The smallest absolute Gasteiger partial charge is 0.501 e. The van der Waals surface area contributed by atoms with E-state index in [1.54, 1.807) is 30.3 Å². The molecule has 0 heterocycles. The van der Waals surface area contributed by atoms with E-state index in [0.717, 1.165) is 0 Å². The summed E-state index contributed by atoms with van der Waals surface area (Å²) in [7, 11) is -1.67. The molecule has 3 N–H and O–H groups in total. The van der Waals surface area contributed by atoms with E-state index in [4.69, 9.17) is 9.68 Å². The van der Waals surface area contributed by atoms with Crippen molar-refractivity contribution in [3.8, 4) is 5.75 Å². The first-order valence-electron chi connectivity index (χ1n) is 3.54. The predicted octanol–water partition coefficient (Wildman–Crippen LogP) is 0.138. The first-order valence-corrected chi connectivity index (χ1v) is 3.54. The van der Waals surface area contributed by atoms with Crippen molar-refractivity contribution in [2.45, 2.75) is 0 Å². The molecule has 6 heteroatoms. The Morgan fingerprint density at radius 2 is 2.00 bits per heavy atom. The molecular weight excluding hydrogens is 173 g/mol. The van der Waals surface area contributed by atoms with Gasteiger partial charge in [-0.3, -0.25) is 0 Å². The highest BCUT2D eigenvalue weighted by Crippen LogP contribution is 2.08. The first-order chi connectivity index (χ1) is 6.18.